The van der Waals surface area contributed by atoms with Crippen LogP contribution in [-0.4, -0.2) is 29.1 Å². The van der Waals surface area contributed by atoms with Crippen molar-refractivity contribution in [1.29, 1.82) is 0 Å². The number of amides is 1. The largest absolute Gasteiger partial charge is 0.323 e. The van der Waals surface area contributed by atoms with Gasteiger partial charge in [-0.15, -0.1) is 0 Å². The van der Waals surface area contributed by atoms with Gasteiger partial charge in [0.15, 0.2) is 0 Å². The molecule has 0 aromatic heterocycles. The Morgan fingerprint density at radius 1 is 1.26 bits per heavy atom. The summed E-state index contributed by atoms with van der Waals surface area (Å²) in [7, 11) is 0. The maximum atomic E-state index is 12.4. The van der Waals surface area contributed by atoms with E-state index in [0.717, 1.165) is 12.3 Å². The molecule has 0 aromatic rings. The Balaban J connectivity index is 2.01. The highest BCUT2D eigenvalue weighted by Gasteiger charge is 2.41. The Hall–Kier alpha value is -0.570. The maximum Gasteiger partial charge on any atom is 0.240 e. The van der Waals surface area contributed by atoms with Crippen LogP contribution in [0.5, 0.6) is 0 Å². The number of carbonyl (C=O) groups excluding carboxylic acids is 1. The summed E-state index contributed by atoms with van der Waals surface area (Å²) in [4.78, 5) is 14.6. The van der Waals surface area contributed by atoms with Gasteiger partial charge in [0.25, 0.3) is 0 Å². The first kappa shape index (κ1) is 14.8. The minimum atomic E-state index is 0.00708. The molecule has 1 saturated carbocycles. The van der Waals surface area contributed by atoms with Gasteiger partial charge in [-0.25, -0.2) is 0 Å². The molecule has 0 aromatic carbocycles. The molecule has 1 aliphatic heterocycles. The van der Waals surface area contributed by atoms with Crippen LogP contribution in [0.25, 0.3) is 0 Å². The highest BCUT2D eigenvalue weighted by atomic mass is 16.2. The van der Waals surface area contributed by atoms with E-state index in [1.807, 2.05) is 6.92 Å². The van der Waals surface area contributed by atoms with Gasteiger partial charge < -0.3 is 4.90 Å². The van der Waals surface area contributed by atoms with Crippen molar-refractivity contribution >= 4 is 5.91 Å². The van der Waals surface area contributed by atoms with Crippen LogP contribution < -0.4 is 5.32 Å². The second kappa shape index (κ2) is 6.25. The van der Waals surface area contributed by atoms with Crippen LogP contribution >= 0.6 is 0 Å². The van der Waals surface area contributed by atoms with E-state index >= 15 is 0 Å². The van der Waals surface area contributed by atoms with Gasteiger partial charge in [0.05, 0.1) is 12.2 Å². The smallest absolute Gasteiger partial charge is 0.240 e. The number of rotatable bonds is 4. The van der Waals surface area contributed by atoms with Gasteiger partial charge in [0, 0.05) is 6.04 Å². The van der Waals surface area contributed by atoms with Crippen LogP contribution in [-0.2, 0) is 4.79 Å². The van der Waals surface area contributed by atoms with Crippen molar-refractivity contribution in [1.82, 2.24) is 10.2 Å². The maximum absolute atomic E-state index is 12.4. The Kier molecular flexibility index (Phi) is 4.88. The van der Waals surface area contributed by atoms with E-state index in [2.05, 4.69) is 31.0 Å². The summed E-state index contributed by atoms with van der Waals surface area (Å²) in [5.41, 5.74) is 0. The first-order valence-electron chi connectivity index (χ1n) is 8.11. The number of carbonyl (C=O) groups is 1. The van der Waals surface area contributed by atoms with Gasteiger partial charge in [0.1, 0.15) is 0 Å². The molecule has 1 amide bonds. The molecule has 110 valence electrons. The van der Waals surface area contributed by atoms with Crippen molar-refractivity contribution in [2.45, 2.75) is 84.5 Å². The lowest BCUT2D eigenvalue weighted by Crippen LogP contribution is -2.46. The van der Waals surface area contributed by atoms with E-state index in [9.17, 15) is 4.79 Å². The molecular formula is C16H30N2O. The lowest BCUT2D eigenvalue weighted by atomic mass is 9.83. The third-order valence-corrected chi connectivity index (χ3v) is 4.88. The normalized spacial score (nSPS) is 36.3. The summed E-state index contributed by atoms with van der Waals surface area (Å²) < 4.78 is 0. The summed E-state index contributed by atoms with van der Waals surface area (Å²) in [6.45, 7) is 8.77. The molecule has 2 atom stereocenters. The molecule has 0 spiro atoms. The van der Waals surface area contributed by atoms with Crippen molar-refractivity contribution in [3.63, 3.8) is 0 Å². The predicted octanol–water partition coefficient (Wildman–Crippen LogP) is 3.15. The van der Waals surface area contributed by atoms with Gasteiger partial charge in [-0.1, -0.05) is 27.2 Å². The summed E-state index contributed by atoms with van der Waals surface area (Å²) in [5, 5.41) is 3.48. The summed E-state index contributed by atoms with van der Waals surface area (Å²) in [5.74, 6) is 1.85. The SMILES string of the molecule is CCC1CCC(N2C(=O)C(C)NC2CC(C)C)CC1. The molecular weight excluding hydrogens is 236 g/mol. The van der Waals surface area contributed by atoms with Crippen molar-refractivity contribution in [2.24, 2.45) is 11.8 Å². The van der Waals surface area contributed by atoms with E-state index in [1.54, 1.807) is 0 Å². The van der Waals surface area contributed by atoms with E-state index in [0.29, 0.717) is 17.9 Å². The average Bonchev–Trinajstić information content (AvgIpc) is 2.64. The number of nitrogens with one attached hydrogen (secondary N) is 1. The van der Waals surface area contributed by atoms with Crippen molar-refractivity contribution < 1.29 is 4.79 Å². The fourth-order valence-electron chi connectivity index (χ4n) is 3.71. The molecule has 0 bridgehead atoms. The summed E-state index contributed by atoms with van der Waals surface area (Å²) in [6.07, 6.45) is 7.64. The quantitative estimate of drug-likeness (QED) is 0.848. The van der Waals surface area contributed by atoms with E-state index in [4.69, 9.17) is 0 Å². The molecule has 1 aliphatic carbocycles. The fourth-order valence-corrected chi connectivity index (χ4v) is 3.71. The molecule has 1 heterocycles. The first-order chi connectivity index (χ1) is 9.02. The molecule has 2 unspecified atom stereocenters. The van der Waals surface area contributed by atoms with E-state index in [-0.39, 0.29) is 12.2 Å². The van der Waals surface area contributed by atoms with Crippen molar-refractivity contribution in [2.75, 3.05) is 0 Å². The molecule has 2 fully saturated rings. The van der Waals surface area contributed by atoms with Crippen LogP contribution in [0.15, 0.2) is 0 Å². The minimum absolute atomic E-state index is 0.00708. The lowest BCUT2D eigenvalue weighted by molar-refractivity contribution is -0.133. The third kappa shape index (κ3) is 3.31. The second-order valence-corrected chi connectivity index (χ2v) is 6.86. The number of nitrogens with zero attached hydrogens (tertiary/aromatic N) is 1. The van der Waals surface area contributed by atoms with Crippen LogP contribution in [0.1, 0.15) is 66.2 Å². The Morgan fingerprint density at radius 3 is 2.42 bits per heavy atom. The van der Waals surface area contributed by atoms with Crippen LogP contribution in [0.2, 0.25) is 0 Å². The number of hydrogen-bond acceptors (Lipinski definition) is 2. The lowest BCUT2D eigenvalue weighted by Gasteiger charge is -2.38. The highest BCUT2D eigenvalue weighted by molar-refractivity contribution is 5.84. The molecule has 0 radical (unpaired) electrons. The summed E-state index contributed by atoms with van der Waals surface area (Å²) in [6, 6.07) is 0.490. The Labute approximate surface area is 118 Å². The fraction of sp³-hybridized carbons (Fsp3) is 0.938. The monoisotopic (exact) mass is 266 g/mol. The molecule has 19 heavy (non-hydrogen) atoms. The van der Waals surface area contributed by atoms with Crippen molar-refractivity contribution in [3.05, 3.63) is 0 Å². The molecule has 3 heteroatoms. The Bertz CT molecular complexity index is 308. The first-order valence-corrected chi connectivity index (χ1v) is 8.11. The van der Waals surface area contributed by atoms with Crippen LogP contribution in [0, 0.1) is 11.8 Å². The van der Waals surface area contributed by atoms with Gasteiger partial charge in [-0.2, -0.15) is 0 Å². The zero-order valence-electron chi connectivity index (χ0n) is 13.0. The predicted molar refractivity (Wildman–Crippen MR) is 78.7 cm³/mol. The topological polar surface area (TPSA) is 32.3 Å². The molecule has 3 nitrogen and oxygen atoms in total. The van der Waals surface area contributed by atoms with Crippen LogP contribution in [0.4, 0.5) is 0 Å². The average molecular weight is 266 g/mol. The van der Waals surface area contributed by atoms with Gasteiger partial charge >= 0.3 is 0 Å². The van der Waals surface area contributed by atoms with Crippen molar-refractivity contribution in [3.8, 4) is 0 Å². The standard InChI is InChI=1S/C16H30N2O/c1-5-13-6-8-14(9-7-13)18-15(10-11(2)3)17-12(4)16(18)19/h11-15,17H,5-10H2,1-4H3. The summed E-state index contributed by atoms with van der Waals surface area (Å²) >= 11 is 0. The molecule has 1 N–H and O–H groups in total. The van der Waals surface area contributed by atoms with E-state index < -0.39 is 0 Å². The van der Waals surface area contributed by atoms with Crippen LogP contribution in [0.3, 0.4) is 0 Å². The van der Waals surface area contributed by atoms with Gasteiger partial charge in [-0.3, -0.25) is 10.1 Å². The van der Waals surface area contributed by atoms with Gasteiger partial charge in [-0.05, 0) is 50.9 Å². The van der Waals surface area contributed by atoms with Gasteiger partial charge in [0.2, 0.25) is 5.91 Å². The number of hydrogen-bond donors (Lipinski definition) is 1. The molecule has 2 aliphatic rings. The van der Waals surface area contributed by atoms with E-state index in [1.165, 1.54) is 32.1 Å². The molecule has 1 saturated heterocycles. The molecule has 2 rings (SSSR count). The third-order valence-electron chi connectivity index (χ3n) is 4.88. The Morgan fingerprint density at radius 2 is 1.89 bits per heavy atom. The second-order valence-electron chi connectivity index (χ2n) is 6.86. The minimum Gasteiger partial charge on any atom is -0.323 e. The zero-order valence-corrected chi connectivity index (χ0v) is 13.0. The zero-order chi connectivity index (χ0) is 14.0. The highest BCUT2D eigenvalue weighted by Crippen LogP contribution is 2.32.